The molecule has 0 unspecified atom stereocenters. The van der Waals surface area contributed by atoms with Crippen molar-refractivity contribution in [1.29, 1.82) is 0 Å². The molecule has 4 rings (SSSR count). The summed E-state index contributed by atoms with van der Waals surface area (Å²) in [6.07, 6.45) is 0.157. The molecule has 8 heteroatoms. The maximum absolute atomic E-state index is 13.0. The molecular weight excluding hydrogens is 410 g/mol. The molecule has 2 saturated heterocycles. The predicted molar refractivity (Wildman–Crippen MR) is 107 cm³/mol. The largest absolute Gasteiger partial charge is 0.495 e. The highest BCUT2D eigenvalue weighted by molar-refractivity contribution is 6.32. The number of carbonyl (C=O) groups is 3. The van der Waals surface area contributed by atoms with E-state index in [-0.39, 0.29) is 6.42 Å². The van der Waals surface area contributed by atoms with Crippen LogP contribution in [0.5, 0.6) is 5.75 Å². The number of fused-ring (bicyclic) bond motifs is 1. The van der Waals surface area contributed by atoms with Crippen molar-refractivity contribution in [2.24, 2.45) is 11.8 Å². The summed E-state index contributed by atoms with van der Waals surface area (Å²) in [5.74, 6) is -3.47. The number of carbonyl (C=O) groups excluding carboxylic acids is 3. The second-order valence-corrected chi connectivity index (χ2v) is 7.79. The van der Waals surface area contributed by atoms with Crippen LogP contribution in [0.15, 0.2) is 48.5 Å². The first-order valence-corrected chi connectivity index (χ1v) is 9.78. The third kappa shape index (κ3) is 3.14. The first kappa shape index (κ1) is 20.4. The van der Waals surface area contributed by atoms with Crippen molar-refractivity contribution in [3.05, 3.63) is 64.7 Å². The number of cyclic esters (lactones) is 2. The van der Waals surface area contributed by atoms with Crippen LogP contribution in [0.1, 0.15) is 17.2 Å². The molecule has 0 radical (unpaired) electrons. The number of halogens is 1. The van der Waals surface area contributed by atoms with Gasteiger partial charge in [0.15, 0.2) is 0 Å². The first-order chi connectivity index (χ1) is 14.4. The van der Waals surface area contributed by atoms with E-state index in [0.29, 0.717) is 16.3 Å². The summed E-state index contributed by atoms with van der Waals surface area (Å²) in [6.45, 7) is 0. The fourth-order valence-corrected chi connectivity index (χ4v) is 4.76. The number of rotatable bonds is 5. The Labute approximate surface area is 178 Å². The van der Waals surface area contributed by atoms with Gasteiger partial charge in [0.25, 0.3) is 0 Å². The molecule has 0 spiro atoms. The summed E-state index contributed by atoms with van der Waals surface area (Å²) in [5, 5.41) is 3.60. The lowest BCUT2D eigenvalue weighted by atomic mass is 9.76. The molecule has 0 aromatic heterocycles. The van der Waals surface area contributed by atoms with Crippen molar-refractivity contribution in [2.45, 2.75) is 18.0 Å². The van der Waals surface area contributed by atoms with Crippen LogP contribution in [0.4, 0.5) is 0 Å². The Kier molecular flexibility index (Phi) is 5.26. The van der Waals surface area contributed by atoms with Gasteiger partial charge in [-0.3, -0.25) is 19.7 Å². The molecule has 0 amide bonds. The molecule has 4 atom stereocenters. The van der Waals surface area contributed by atoms with Gasteiger partial charge in [-0.05, 0) is 23.3 Å². The van der Waals surface area contributed by atoms with Crippen LogP contribution in [0.25, 0.3) is 0 Å². The highest BCUT2D eigenvalue weighted by atomic mass is 35.5. The normalized spacial score (nSPS) is 27.5. The van der Waals surface area contributed by atoms with E-state index in [1.807, 2.05) is 30.3 Å². The predicted octanol–water partition coefficient (Wildman–Crippen LogP) is 2.46. The minimum Gasteiger partial charge on any atom is -0.495 e. The van der Waals surface area contributed by atoms with Crippen molar-refractivity contribution in [3.8, 4) is 5.75 Å². The molecule has 2 aromatic carbocycles. The molecule has 2 fully saturated rings. The molecule has 156 valence electrons. The Morgan fingerprint density at radius 3 is 2.50 bits per heavy atom. The molecular formula is C22H20ClNO6. The van der Waals surface area contributed by atoms with Crippen LogP contribution in [-0.4, -0.2) is 37.7 Å². The summed E-state index contributed by atoms with van der Waals surface area (Å²) < 4.78 is 15.2. The SMILES string of the molecule is COC(=O)[C@@]1(Cc2ccccc2)N[C@@H](c2ccc(OC)c(Cl)c2)[C@@H]2C(=O)OC(=O)[C@H]21. The third-order valence-electron chi connectivity index (χ3n) is 5.80. The molecule has 2 heterocycles. The van der Waals surface area contributed by atoms with E-state index < -0.39 is 41.3 Å². The number of esters is 3. The summed E-state index contributed by atoms with van der Waals surface area (Å²) in [5.41, 5.74) is -0.00263. The van der Waals surface area contributed by atoms with Crippen molar-refractivity contribution in [2.75, 3.05) is 14.2 Å². The number of hydrogen-bond acceptors (Lipinski definition) is 7. The zero-order chi connectivity index (χ0) is 21.5. The molecule has 1 N–H and O–H groups in total. The van der Waals surface area contributed by atoms with Crippen molar-refractivity contribution in [1.82, 2.24) is 5.32 Å². The summed E-state index contributed by atoms with van der Waals surface area (Å²) in [6, 6.07) is 13.6. The van der Waals surface area contributed by atoms with Gasteiger partial charge in [-0.25, -0.2) is 0 Å². The molecule has 0 saturated carbocycles. The number of methoxy groups -OCH3 is 2. The standard InChI is InChI=1S/C22H20ClNO6/c1-28-15-9-8-13(10-14(15)23)18-16-17(20(26)30-19(16)25)22(24-18,21(27)29-2)11-12-6-4-3-5-7-12/h3-10,16-18,24H,11H2,1-2H3/t16-,17+,18+,22+/m1/s1. The monoisotopic (exact) mass is 429 g/mol. The summed E-state index contributed by atoms with van der Waals surface area (Å²) >= 11 is 6.28. The van der Waals surface area contributed by atoms with E-state index in [0.717, 1.165) is 5.56 Å². The lowest BCUT2D eigenvalue weighted by molar-refractivity contribution is -0.160. The van der Waals surface area contributed by atoms with Gasteiger partial charge in [-0.1, -0.05) is 48.0 Å². The van der Waals surface area contributed by atoms with Gasteiger partial charge in [-0.15, -0.1) is 0 Å². The van der Waals surface area contributed by atoms with E-state index >= 15 is 0 Å². The minimum absolute atomic E-state index is 0.157. The third-order valence-corrected chi connectivity index (χ3v) is 6.10. The van der Waals surface area contributed by atoms with Crippen molar-refractivity contribution in [3.63, 3.8) is 0 Å². The van der Waals surface area contributed by atoms with Gasteiger partial charge in [0, 0.05) is 12.5 Å². The number of hydrogen-bond donors (Lipinski definition) is 1. The van der Waals surface area contributed by atoms with Gasteiger partial charge < -0.3 is 14.2 Å². The van der Waals surface area contributed by atoms with Crippen LogP contribution in [0, 0.1) is 11.8 Å². The summed E-state index contributed by atoms with van der Waals surface area (Å²) in [4.78, 5) is 38.3. The smallest absolute Gasteiger partial charge is 0.327 e. The molecule has 30 heavy (non-hydrogen) atoms. The van der Waals surface area contributed by atoms with E-state index in [2.05, 4.69) is 5.32 Å². The van der Waals surface area contributed by atoms with Gasteiger partial charge in [0.2, 0.25) is 0 Å². The van der Waals surface area contributed by atoms with Gasteiger partial charge in [-0.2, -0.15) is 0 Å². The van der Waals surface area contributed by atoms with E-state index in [1.165, 1.54) is 14.2 Å². The lowest BCUT2D eigenvalue weighted by Crippen LogP contribution is -2.56. The van der Waals surface area contributed by atoms with Gasteiger partial charge in [0.05, 0.1) is 25.2 Å². The average Bonchev–Trinajstić information content (AvgIpc) is 3.25. The Balaban J connectivity index is 1.82. The molecule has 2 aliphatic rings. The first-order valence-electron chi connectivity index (χ1n) is 9.40. The zero-order valence-electron chi connectivity index (χ0n) is 16.4. The van der Waals surface area contributed by atoms with E-state index in [4.69, 9.17) is 25.8 Å². The van der Waals surface area contributed by atoms with E-state index in [9.17, 15) is 14.4 Å². The number of benzene rings is 2. The Morgan fingerprint density at radius 2 is 1.87 bits per heavy atom. The Morgan fingerprint density at radius 1 is 1.13 bits per heavy atom. The Hall–Kier alpha value is -2.90. The number of nitrogens with one attached hydrogen (secondary N) is 1. The molecule has 7 nitrogen and oxygen atoms in total. The summed E-state index contributed by atoms with van der Waals surface area (Å²) in [7, 11) is 2.76. The lowest BCUT2D eigenvalue weighted by Gasteiger charge is -2.31. The Bertz CT molecular complexity index is 1010. The molecule has 2 aliphatic heterocycles. The molecule has 2 aromatic rings. The van der Waals surface area contributed by atoms with Gasteiger partial charge >= 0.3 is 17.9 Å². The van der Waals surface area contributed by atoms with Crippen LogP contribution in [0.3, 0.4) is 0 Å². The minimum atomic E-state index is -1.46. The molecule has 0 aliphatic carbocycles. The highest BCUT2D eigenvalue weighted by Crippen LogP contribution is 2.50. The average molecular weight is 430 g/mol. The topological polar surface area (TPSA) is 90.9 Å². The van der Waals surface area contributed by atoms with Gasteiger partial charge in [0.1, 0.15) is 17.2 Å². The van der Waals surface area contributed by atoms with Crippen molar-refractivity contribution >= 4 is 29.5 Å². The van der Waals surface area contributed by atoms with Crippen molar-refractivity contribution < 1.29 is 28.6 Å². The number of ether oxygens (including phenoxy) is 3. The fraction of sp³-hybridized carbons (Fsp3) is 0.318. The quantitative estimate of drug-likeness (QED) is 0.576. The van der Waals surface area contributed by atoms with Crippen LogP contribution >= 0.6 is 11.6 Å². The molecule has 0 bridgehead atoms. The van der Waals surface area contributed by atoms with Crippen LogP contribution < -0.4 is 10.1 Å². The van der Waals surface area contributed by atoms with E-state index in [1.54, 1.807) is 18.2 Å². The highest BCUT2D eigenvalue weighted by Gasteiger charge is 2.68. The fourth-order valence-electron chi connectivity index (χ4n) is 4.49. The van der Waals surface area contributed by atoms with Crippen LogP contribution in [-0.2, 0) is 30.3 Å². The maximum atomic E-state index is 13.0. The zero-order valence-corrected chi connectivity index (χ0v) is 17.1. The second kappa shape index (κ2) is 7.74. The second-order valence-electron chi connectivity index (χ2n) is 7.38. The maximum Gasteiger partial charge on any atom is 0.327 e. The van der Waals surface area contributed by atoms with Crippen LogP contribution in [0.2, 0.25) is 5.02 Å².